The molecule has 6 amide bonds. The number of ketones is 1. The maximum Gasteiger partial charge on any atom is 0.406 e. The van der Waals surface area contributed by atoms with E-state index in [2.05, 4.69) is 21.3 Å². The summed E-state index contributed by atoms with van der Waals surface area (Å²) in [6, 6.07) is -4.10. The maximum atomic E-state index is 14.2. The van der Waals surface area contributed by atoms with Gasteiger partial charge in [-0.15, -0.1) is 0 Å². The smallest absolute Gasteiger partial charge is 0.406 e. The summed E-state index contributed by atoms with van der Waals surface area (Å²) in [4.78, 5) is 79.0. The molecule has 0 bridgehead atoms. The van der Waals surface area contributed by atoms with Crippen molar-refractivity contribution in [2.75, 3.05) is 20.2 Å². The van der Waals surface area contributed by atoms with Crippen molar-refractivity contribution in [1.29, 1.82) is 0 Å². The maximum absolute atomic E-state index is 14.2. The van der Waals surface area contributed by atoms with E-state index in [4.69, 9.17) is 10.5 Å². The van der Waals surface area contributed by atoms with Crippen LogP contribution in [0.5, 0.6) is 0 Å². The predicted octanol–water partition coefficient (Wildman–Crippen LogP) is 1.68. The molecular formula is C31H52N6O7. The SMILES string of the molecule is CNC(=O)OC[C@@H](NC(=O)N[C@H](C(=O)N1C[C@H]2[C@@H](C1C(=O)NC(CC1CCC1)C(=O)C(N)=O)C2(C)C)C(C)(C)C)C(C)(C)C. The molecule has 1 saturated heterocycles. The second-order valence-electron chi connectivity index (χ2n) is 15.4. The molecule has 3 aliphatic rings. The third-order valence-electron chi connectivity index (χ3n) is 9.75. The number of fused-ring (bicyclic) bond motifs is 1. The number of ether oxygens (including phenoxy) is 1. The van der Waals surface area contributed by atoms with E-state index in [0.717, 1.165) is 19.3 Å². The van der Waals surface area contributed by atoms with Gasteiger partial charge in [-0.05, 0) is 40.4 Å². The third kappa shape index (κ3) is 7.82. The number of primary amides is 1. The van der Waals surface area contributed by atoms with Gasteiger partial charge in [0.2, 0.25) is 17.6 Å². The van der Waals surface area contributed by atoms with Gasteiger partial charge in [0, 0.05) is 13.6 Å². The molecule has 1 aliphatic heterocycles. The van der Waals surface area contributed by atoms with E-state index in [1.54, 1.807) is 0 Å². The first kappa shape index (κ1) is 35.1. The number of hydrogen-bond donors (Lipinski definition) is 5. The van der Waals surface area contributed by atoms with Crippen LogP contribution in [0.15, 0.2) is 0 Å². The molecule has 0 aromatic heterocycles. The van der Waals surface area contributed by atoms with Crippen LogP contribution in [0, 0.1) is 34.0 Å². The van der Waals surface area contributed by atoms with Crippen LogP contribution in [0.4, 0.5) is 9.59 Å². The van der Waals surface area contributed by atoms with Crippen molar-refractivity contribution in [1.82, 2.24) is 26.2 Å². The Morgan fingerprint density at radius 1 is 0.955 bits per heavy atom. The van der Waals surface area contributed by atoms with Crippen molar-refractivity contribution < 1.29 is 33.5 Å². The average molecular weight is 621 g/mol. The van der Waals surface area contributed by atoms with Crippen LogP contribution in [0.2, 0.25) is 0 Å². The summed E-state index contributed by atoms with van der Waals surface area (Å²) < 4.78 is 5.19. The summed E-state index contributed by atoms with van der Waals surface area (Å²) >= 11 is 0. The van der Waals surface area contributed by atoms with Gasteiger partial charge in [0.05, 0.1) is 12.1 Å². The van der Waals surface area contributed by atoms with Crippen LogP contribution < -0.4 is 27.0 Å². The largest absolute Gasteiger partial charge is 0.447 e. The number of carbonyl (C=O) groups excluding carboxylic acids is 6. The van der Waals surface area contributed by atoms with Gasteiger partial charge in [-0.3, -0.25) is 19.2 Å². The quantitative estimate of drug-likeness (QED) is 0.217. The lowest BCUT2D eigenvalue weighted by molar-refractivity contribution is -0.145. The Kier molecular flexibility index (Phi) is 10.3. The number of alkyl carbamates (subject to hydrolysis) is 1. The lowest BCUT2D eigenvalue weighted by Crippen LogP contribution is -2.62. The molecule has 2 saturated carbocycles. The number of amides is 6. The molecule has 248 valence electrons. The number of nitrogens with one attached hydrogen (secondary N) is 4. The summed E-state index contributed by atoms with van der Waals surface area (Å²) in [6.45, 7) is 15.5. The van der Waals surface area contributed by atoms with Crippen LogP contribution in [0.1, 0.15) is 81.1 Å². The summed E-state index contributed by atoms with van der Waals surface area (Å²) in [5, 5.41) is 10.8. The zero-order valence-electron chi connectivity index (χ0n) is 27.7. The Hall–Kier alpha value is -3.38. The molecule has 13 heteroatoms. The molecule has 3 rings (SSSR count). The Balaban J connectivity index is 1.81. The standard InChI is InChI=1S/C31H52N6O7/c1-29(2,3)19(15-44-28(43)33-9)35-27(42)36-23(30(4,5)6)26(41)37-14-17-20(31(17,7)8)21(37)25(40)34-18(22(38)24(32)39)13-16-11-10-12-16/h16-21,23H,10-15H2,1-9H3,(H2,32,39)(H,33,43)(H,34,40)(H2,35,36,42)/t17-,18?,19+,20-,21?,23+/m0/s1. The van der Waals surface area contributed by atoms with E-state index in [1.807, 2.05) is 55.4 Å². The van der Waals surface area contributed by atoms with Gasteiger partial charge in [0.1, 0.15) is 18.7 Å². The minimum atomic E-state index is -1.10. The van der Waals surface area contributed by atoms with E-state index < -0.39 is 70.6 Å². The molecular weight excluding hydrogens is 568 g/mol. The Labute approximate surface area is 260 Å². The number of nitrogens with zero attached hydrogens (tertiary/aromatic N) is 1. The van der Waals surface area contributed by atoms with E-state index in [9.17, 15) is 28.8 Å². The van der Waals surface area contributed by atoms with Gasteiger partial charge in [-0.1, -0.05) is 74.7 Å². The molecule has 44 heavy (non-hydrogen) atoms. The minimum Gasteiger partial charge on any atom is -0.447 e. The molecule has 0 radical (unpaired) electrons. The van der Waals surface area contributed by atoms with E-state index in [1.165, 1.54) is 11.9 Å². The highest BCUT2D eigenvalue weighted by Gasteiger charge is 2.70. The normalized spacial score (nSPS) is 24.5. The number of piperidine rings is 1. The Morgan fingerprint density at radius 3 is 2.05 bits per heavy atom. The van der Waals surface area contributed by atoms with Crippen molar-refractivity contribution in [3.05, 3.63) is 0 Å². The zero-order chi connectivity index (χ0) is 33.4. The molecule has 13 nitrogen and oxygen atoms in total. The monoisotopic (exact) mass is 620 g/mol. The highest BCUT2D eigenvalue weighted by molar-refractivity contribution is 6.37. The second-order valence-corrected chi connectivity index (χ2v) is 15.4. The number of hydrogen-bond acceptors (Lipinski definition) is 7. The van der Waals surface area contributed by atoms with E-state index in [0.29, 0.717) is 13.0 Å². The molecule has 3 fully saturated rings. The van der Waals surface area contributed by atoms with Crippen LogP contribution in [-0.2, 0) is 23.9 Å². The number of rotatable bonds is 11. The average Bonchev–Trinajstić information content (AvgIpc) is 3.21. The summed E-state index contributed by atoms with van der Waals surface area (Å²) in [6.07, 6.45) is 2.57. The fourth-order valence-corrected chi connectivity index (χ4v) is 6.42. The fourth-order valence-electron chi connectivity index (χ4n) is 6.42. The van der Waals surface area contributed by atoms with Crippen LogP contribution in [-0.4, -0.2) is 84.9 Å². The Morgan fingerprint density at radius 2 is 1.57 bits per heavy atom. The fraction of sp³-hybridized carbons (Fsp3) is 0.806. The molecule has 0 aromatic carbocycles. The van der Waals surface area contributed by atoms with Gasteiger partial charge < -0.3 is 36.6 Å². The topological polar surface area (TPSA) is 189 Å². The van der Waals surface area contributed by atoms with Gasteiger partial charge in [0.25, 0.3) is 5.91 Å². The Bertz CT molecular complexity index is 1150. The number of carbonyl (C=O) groups is 6. The summed E-state index contributed by atoms with van der Waals surface area (Å²) in [7, 11) is 1.44. The third-order valence-corrected chi connectivity index (χ3v) is 9.75. The zero-order valence-corrected chi connectivity index (χ0v) is 27.7. The summed E-state index contributed by atoms with van der Waals surface area (Å²) in [5.74, 6) is -2.69. The number of Topliss-reactive ketones (excluding diaryl/α,β-unsaturated/α-hetero) is 1. The lowest BCUT2D eigenvalue weighted by atomic mass is 9.80. The molecule has 0 spiro atoms. The molecule has 0 aromatic rings. The van der Waals surface area contributed by atoms with E-state index in [-0.39, 0.29) is 29.8 Å². The first-order chi connectivity index (χ1) is 20.2. The lowest BCUT2D eigenvalue weighted by Gasteiger charge is -2.38. The van der Waals surface area contributed by atoms with Crippen molar-refractivity contribution in [2.24, 2.45) is 39.7 Å². The van der Waals surface area contributed by atoms with Crippen molar-refractivity contribution in [3.8, 4) is 0 Å². The highest BCUT2D eigenvalue weighted by atomic mass is 16.5. The van der Waals surface area contributed by atoms with Gasteiger partial charge in [0.15, 0.2) is 0 Å². The minimum absolute atomic E-state index is 0.0701. The molecule has 2 unspecified atom stereocenters. The number of urea groups is 1. The van der Waals surface area contributed by atoms with Gasteiger partial charge in [-0.25, -0.2) is 9.59 Å². The number of nitrogens with two attached hydrogens (primary N) is 1. The van der Waals surface area contributed by atoms with Crippen LogP contribution in [0.25, 0.3) is 0 Å². The molecule has 1 heterocycles. The highest BCUT2D eigenvalue weighted by Crippen LogP contribution is 2.65. The molecule has 2 aliphatic carbocycles. The van der Waals surface area contributed by atoms with Gasteiger partial charge >= 0.3 is 12.1 Å². The van der Waals surface area contributed by atoms with Crippen molar-refractivity contribution in [3.63, 3.8) is 0 Å². The predicted molar refractivity (Wildman–Crippen MR) is 163 cm³/mol. The molecule has 6 atom stereocenters. The first-order valence-electron chi connectivity index (χ1n) is 15.6. The van der Waals surface area contributed by atoms with Crippen LogP contribution >= 0.6 is 0 Å². The number of likely N-dealkylation sites (tertiary alicyclic amines) is 1. The summed E-state index contributed by atoms with van der Waals surface area (Å²) in [5.41, 5.74) is 3.91. The first-order valence-corrected chi connectivity index (χ1v) is 15.6. The van der Waals surface area contributed by atoms with Crippen molar-refractivity contribution >= 4 is 35.6 Å². The van der Waals surface area contributed by atoms with Crippen LogP contribution in [0.3, 0.4) is 0 Å². The van der Waals surface area contributed by atoms with Crippen molar-refractivity contribution in [2.45, 2.75) is 105 Å². The second kappa shape index (κ2) is 12.9. The van der Waals surface area contributed by atoms with Gasteiger partial charge in [-0.2, -0.15) is 0 Å². The molecule has 6 N–H and O–H groups in total. The van der Waals surface area contributed by atoms with E-state index >= 15 is 0 Å².